The molecule has 1 amide bonds. The highest BCUT2D eigenvalue weighted by atomic mass is 35.5. The number of rotatable bonds is 4. The van der Waals surface area contributed by atoms with Gasteiger partial charge in [-0.1, -0.05) is 41.9 Å². The lowest BCUT2D eigenvalue weighted by atomic mass is 10.0. The number of hydrogen-bond acceptors (Lipinski definition) is 5. The highest BCUT2D eigenvalue weighted by Gasteiger charge is 2.29. The first-order valence-corrected chi connectivity index (χ1v) is 10.4. The summed E-state index contributed by atoms with van der Waals surface area (Å²) < 4.78 is 26.7. The SMILES string of the molecule is O=C(NS(=O)(=O)Cc1ccc(Cl)nc1)C1SCCc2ccccc21. The van der Waals surface area contributed by atoms with E-state index in [0.717, 1.165) is 23.3 Å². The largest absolute Gasteiger partial charge is 0.272 e. The van der Waals surface area contributed by atoms with Crippen molar-refractivity contribution < 1.29 is 13.2 Å². The molecular weight excluding hydrogens is 368 g/mol. The first kappa shape index (κ1) is 17.3. The molecule has 5 nitrogen and oxygen atoms in total. The fourth-order valence-electron chi connectivity index (χ4n) is 2.57. The van der Waals surface area contributed by atoms with Gasteiger partial charge in [-0.3, -0.25) is 9.52 Å². The van der Waals surface area contributed by atoms with Crippen LogP contribution >= 0.6 is 23.4 Å². The summed E-state index contributed by atoms with van der Waals surface area (Å²) in [6.45, 7) is 0. The van der Waals surface area contributed by atoms with E-state index >= 15 is 0 Å². The molecule has 1 aromatic carbocycles. The van der Waals surface area contributed by atoms with Gasteiger partial charge in [-0.2, -0.15) is 0 Å². The van der Waals surface area contributed by atoms with Crippen molar-refractivity contribution in [3.05, 3.63) is 64.4 Å². The van der Waals surface area contributed by atoms with Gasteiger partial charge in [0.15, 0.2) is 0 Å². The molecule has 1 atom stereocenters. The van der Waals surface area contributed by atoms with Crippen LogP contribution in [0.1, 0.15) is 21.9 Å². The summed E-state index contributed by atoms with van der Waals surface area (Å²) in [5.74, 6) is -0.0351. The van der Waals surface area contributed by atoms with E-state index in [1.165, 1.54) is 24.0 Å². The van der Waals surface area contributed by atoms with Crippen molar-refractivity contribution in [2.75, 3.05) is 5.75 Å². The number of halogens is 1. The summed E-state index contributed by atoms with van der Waals surface area (Å²) in [7, 11) is -3.79. The zero-order valence-electron chi connectivity index (χ0n) is 12.6. The monoisotopic (exact) mass is 382 g/mol. The summed E-state index contributed by atoms with van der Waals surface area (Å²) in [6.07, 6.45) is 2.27. The highest BCUT2D eigenvalue weighted by Crippen LogP contribution is 2.36. The van der Waals surface area contributed by atoms with Crippen LogP contribution in [0.4, 0.5) is 0 Å². The van der Waals surface area contributed by atoms with E-state index in [4.69, 9.17) is 11.6 Å². The van der Waals surface area contributed by atoms with Crippen molar-refractivity contribution in [3.63, 3.8) is 0 Å². The smallest absolute Gasteiger partial charge is 0.251 e. The molecule has 1 aromatic heterocycles. The summed E-state index contributed by atoms with van der Waals surface area (Å²) in [5, 5.41) is -0.219. The van der Waals surface area contributed by atoms with Crippen LogP contribution in [0.5, 0.6) is 0 Å². The molecule has 3 rings (SSSR count). The van der Waals surface area contributed by atoms with E-state index in [9.17, 15) is 13.2 Å². The van der Waals surface area contributed by atoms with E-state index in [-0.39, 0.29) is 10.9 Å². The lowest BCUT2D eigenvalue weighted by molar-refractivity contribution is -0.118. The first-order valence-electron chi connectivity index (χ1n) is 7.29. The summed E-state index contributed by atoms with van der Waals surface area (Å²) in [6, 6.07) is 10.7. The van der Waals surface area contributed by atoms with Crippen molar-refractivity contribution in [2.24, 2.45) is 0 Å². The van der Waals surface area contributed by atoms with Gasteiger partial charge in [0.25, 0.3) is 5.91 Å². The molecule has 0 saturated heterocycles. The maximum Gasteiger partial charge on any atom is 0.251 e. The van der Waals surface area contributed by atoms with Crippen LogP contribution in [-0.2, 0) is 27.0 Å². The van der Waals surface area contributed by atoms with Crippen LogP contribution in [0.25, 0.3) is 0 Å². The molecule has 24 heavy (non-hydrogen) atoms. The van der Waals surface area contributed by atoms with Crippen LogP contribution < -0.4 is 4.72 Å². The van der Waals surface area contributed by atoms with Crippen molar-refractivity contribution in [3.8, 4) is 0 Å². The number of amides is 1. The number of thioether (sulfide) groups is 1. The minimum atomic E-state index is -3.79. The molecule has 126 valence electrons. The van der Waals surface area contributed by atoms with Crippen molar-refractivity contribution >= 4 is 39.3 Å². The van der Waals surface area contributed by atoms with Gasteiger partial charge >= 0.3 is 0 Å². The second-order valence-corrected chi connectivity index (χ2v) is 8.74. The Kier molecular flexibility index (Phi) is 5.12. The zero-order chi connectivity index (χ0) is 17.2. The maximum absolute atomic E-state index is 12.5. The number of nitrogens with zero attached hydrogens (tertiary/aromatic N) is 1. The third kappa shape index (κ3) is 4.09. The van der Waals surface area contributed by atoms with Gasteiger partial charge in [-0.25, -0.2) is 13.4 Å². The molecule has 2 heterocycles. The molecule has 0 radical (unpaired) electrons. The maximum atomic E-state index is 12.5. The minimum Gasteiger partial charge on any atom is -0.272 e. The molecule has 0 spiro atoms. The van der Waals surface area contributed by atoms with Crippen LogP contribution in [-0.4, -0.2) is 25.1 Å². The van der Waals surface area contributed by atoms with Crippen molar-refractivity contribution in [2.45, 2.75) is 17.4 Å². The van der Waals surface area contributed by atoms with Gasteiger partial charge in [0.1, 0.15) is 10.4 Å². The molecule has 8 heteroatoms. The molecule has 1 aliphatic heterocycles. The first-order chi connectivity index (χ1) is 11.4. The van der Waals surface area contributed by atoms with Crippen molar-refractivity contribution in [1.82, 2.24) is 9.71 Å². The number of aryl methyl sites for hydroxylation is 1. The third-order valence-electron chi connectivity index (χ3n) is 3.63. The number of aromatic nitrogens is 1. The zero-order valence-corrected chi connectivity index (χ0v) is 15.0. The van der Waals surface area contributed by atoms with Crippen LogP contribution in [0.2, 0.25) is 5.15 Å². The van der Waals surface area contributed by atoms with Crippen molar-refractivity contribution in [1.29, 1.82) is 0 Å². The number of benzene rings is 1. The Labute approximate surface area is 149 Å². The average molecular weight is 383 g/mol. The Hall–Kier alpha value is -1.57. The number of fused-ring (bicyclic) bond motifs is 1. The van der Waals surface area contributed by atoms with E-state index in [2.05, 4.69) is 9.71 Å². The van der Waals surface area contributed by atoms with Gasteiger partial charge in [0, 0.05) is 6.20 Å². The Bertz CT molecular complexity index is 854. The van der Waals surface area contributed by atoms with Gasteiger partial charge < -0.3 is 0 Å². The minimum absolute atomic E-state index is 0.287. The molecule has 0 fully saturated rings. The van der Waals surface area contributed by atoms with Crippen LogP contribution in [0, 0.1) is 0 Å². The Morgan fingerprint density at radius 3 is 2.83 bits per heavy atom. The third-order valence-corrected chi connectivity index (χ3v) is 6.32. The van der Waals surface area contributed by atoms with E-state index < -0.39 is 21.2 Å². The number of pyridine rings is 1. The van der Waals surface area contributed by atoms with E-state index in [1.807, 2.05) is 24.3 Å². The molecule has 2 aromatic rings. The topological polar surface area (TPSA) is 76.1 Å². The predicted octanol–water partition coefficient (Wildman–Crippen LogP) is 2.71. The summed E-state index contributed by atoms with van der Waals surface area (Å²) in [5.41, 5.74) is 2.45. The summed E-state index contributed by atoms with van der Waals surface area (Å²) >= 11 is 7.14. The molecular formula is C16H15ClN2O3S2. The molecule has 0 bridgehead atoms. The second-order valence-electron chi connectivity index (χ2n) is 5.41. The van der Waals surface area contributed by atoms with Gasteiger partial charge in [0.05, 0.1) is 5.75 Å². The fourth-order valence-corrected chi connectivity index (χ4v) is 5.05. The summed E-state index contributed by atoms with van der Waals surface area (Å²) in [4.78, 5) is 16.3. The number of nitrogens with one attached hydrogen (secondary N) is 1. The van der Waals surface area contributed by atoms with Crippen LogP contribution in [0.3, 0.4) is 0 Å². The van der Waals surface area contributed by atoms with Crippen LogP contribution in [0.15, 0.2) is 42.6 Å². The lowest BCUT2D eigenvalue weighted by Crippen LogP contribution is -2.35. The molecule has 1 unspecified atom stereocenters. The lowest BCUT2D eigenvalue weighted by Gasteiger charge is -2.24. The number of carbonyl (C=O) groups is 1. The molecule has 1 aliphatic rings. The predicted molar refractivity (Wildman–Crippen MR) is 95.4 cm³/mol. The molecule has 0 aliphatic carbocycles. The molecule has 0 saturated carbocycles. The Morgan fingerprint density at radius 1 is 1.29 bits per heavy atom. The quantitative estimate of drug-likeness (QED) is 0.823. The number of sulfonamides is 1. The number of hydrogen-bond donors (Lipinski definition) is 1. The average Bonchev–Trinajstić information content (AvgIpc) is 2.55. The highest BCUT2D eigenvalue weighted by molar-refractivity contribution is 8.00. The molecule has 1 N–H and O–H groups in total. The standard InChI is InChI=1S/C16H15ClN2O3S2/c17-14-6-5-11(9-18-14)10-24(21,22)19-16(20)15-13-4-2-1-3-12(13)7-8-23-15/h1-6,9,15H,7-8,10H2,(H,19,20). The van der Waals surface area contributed by atoms with E-state index in [1.54, 1.807) is 6.07 Å². The Balaban J connectivity index is 1.73. The second kappa shape index (κ2) is 7.13. The van der Waals surface area contributed by atoms with E-state index in [0.29, 0.717) is 5.56 Å². The van der Waals surface area contributed by atoms with Gasteiger partial charge in [0.2, 0.25) is 10.0 Å². The normalized spacial score (nSPS) is 17.1. The van der Waals surface area contributed by atoms with Gasteiger partial charge in [-0.15, -0.1) is 11.8 Å². The fraction of sp³-hybridized carbons (Fsp3) is 0.250. The van der Waals surface area contributed by atoms with Gasteiger partial charge in [-0.05, 0) is 34.9 Å². The number of carbonyl (C=O) groups excluding carboxylic acids is 1. The Morgan fingerprint density at radius 2 is 2.08 bits per heavy atom.